The monoisotopic (exact) mass is 728 g/mol. The molecular weight excluding hydrogens is 627 g/mol. The van der Waals surface area contributed by atoms with Gasteiger partial charge < -0.3 is 5.41 Å². The van der Waals surface area contributed by atoms with E-state index in [9.17, 15) is 0 Å². The van der Waals surface area contributed by atoms with Gasteiger partial charge in [0.2, 0.25) is 0 Å². The van der Waals surface area contributed by atoms with Crippen molar-refractivity contribution in [1.82, 2.24) is 0 Å². The van der Waals surface area contributed by atoms with Crippen LogP contribution in [-0.4, -0.2) is 5.71 Å². The van der Waals surface area contributed by atoms with Crippen LogP contribution in [0, 0.1) is 29.1 Å². The molecule has 0 heterocycles. The Morgan fingerprint density at radius 3 is 1.13 bits per heavy atom. The first-order chi connectivity index (χ1) is 25.6. The maximum atomic E-state index is 8.77. The standard InChI is InChI=1S/C51H101N/c1-5-8-10-12-14-16-18-20-22-24-26-28-30-34-40-48(41-35-31-29-27-25-23-21-19-17-15-13-11-9-6-2)42-37-38-44-51(52)50-45-49(46-50)43-36-32-33-39-47(4)7-3/h47-50,52H,5-46H2,1-4H3. The summed E-state index contributed by atoms with van der Waals surface area (Å²) in [5, 5.41) is 8.77. The Morgan fingerprint density at radius 1 is 0.423 bits per heavy atom. The van der Waals surface area contributed by atoms with Gasteiger partial charge in [-0.15, -0.1) is 0 Å². The summed E-state index contributed by atoms with van der Waals surface area (Å²) in [6.07, 6.45) is 60.3. The molecule has 1 unspecified atom stereocenters. The lowest BCUT2D eigenvalue weighted by atomic mass is 9.69. The van der Waals surface area contributed by atoms with E-state index in [0.717, 1.165) is 29.9 Å². The van der Waals surface area contributed by atoms with E-state index >= 15 is 0 Å². The molecule has 310 valence electrons. The minimum Gasteiger partial charge on any atom is -0.309 e. The smallest absolute Gasteiger partial charge is 0.0120 e. The molecule has 1 N–H and O–H groups in total. The molecular formula is C51H101N. The molecule has 1 heteroatoms. The molecule has 0 aromatic carbocycles. The van der Waals surface area contributed by atoms with Crippen LogP contribution in [0.1, 0.15) is 297 Å². The molecule has 1 saturated carbocycles. The third-order valence-electron chi connectivity index (χ3n) is 13.5. The van der Waals surface area contributed by atoms with Crippen molar-refractivity contribution in [2.45, 2.75) is 297 Å². The Bertz CT molecular complexity index is 674. The van der Waals surface area contributed by atoms with Gasteiger partial charge in [-0.2, -0.15) is 0 Å². The molecule has 0 aromatic heterocycles. The van der Waals surface area contributed by atoms with Gasteiger partial charge in [-0.25, -0.2) is 0 Å². The molecule has 0 spiro atoms. The number of nitrogens with one attached hydrogen (secondary N) is 1. The van der Waals surface area contributed by atoms with Crippen LogP contribution >= 0.6 is 0 Å². The van der Waals surface area contributed by atoms with Gasteiger partial charge in [-0.1, -0.05) is 272 Å². The average Bonchev–Trinajstić information content (AvgIpc) is 3.13. The average molecular weight is 728 g/mol. The minimum atomic E-state index is 0.645. The summed E-state index contributed by atoms with van der Waals surface area (Å²) in [4.78, 5) is 0. The molecule has 0 bridgehead atoms. The molecule has 0 aliphatic heterocycles. The van der Waals surface area contributed by atoms with Crippen LogP contribution in [0.2, 0.25) is 0 Å². The van der Waals surface area contributed by atoms with Crippen molar-refractivity contribution in [3.63, 3.8) is 0 Å². The first-order valence-corrected chi connectivity index (χ1v) is 25.2. The van der Waals surface area contributed by atoms with E-state index in [1.807, 2.05) is 0 Å². The van der Waals surface area contributed by atoms with Crippen molar-refractivity contribution in [2.75, 3.05) is 0 Å². The maximum Gasteiger partial charge on any atom is 0.0120 e. The van der Waals surface area contributed by atoms with E-state index in [0.29, 0.717) is 5.92 Å². The van der Waals surface area contributed by atoms with E-state index in [2.05, 4.69) is 27.7 Å². The number of unbranched alkanes of at least 4 members (excludes halogenated alkanes) is 29. The molecule has 1 aliphatic rings. The Balaban J connectivity index is 2.17. The predicted molar refractivity (Wildman–Crippen MR) is 238 cm³/mol. The lowest BCUT2D eigenvalue weighted by molar-refractivity contribution is 0.230. The van der Waals surface area contributed by atoms with Gasteiger partial charge in [0, 0.05) is 5.71 Å². The fourth-order valence-corrected chi connectivity index (χ4v) is 9.20. The second-order valence-corrected chi connectivity index (χ2v) is 18.6. The zero-order valence-corrected chi connectivity index (χ0v) is 37.0. The SMILES string of the molecule is CCCCCCCCCCCCCCCCC(CCCCCCCCCCCCCCCC)CCCCC(=N)C1CC(CCCCCC(C)CC)C1. The normalized spacial score (nSPS) is 16.5. The van der Waals surface area contributed by atoms with Crippen LogP contribution in [0.4, 0.5) is 0 Å². The number of hydrogen-bond donors (Lipinski definition) is 1. The second-order valence-electron chi connectivity index (χ2n) is 18.6. The lowest BCUT2D eigenvalue weighted by Crippen LogP contribution is -2.30. The highest BCUT2D eigenvalue weighted by Gasteiger charge is 2.31. The topological polar surface area (TPSA) is 23.9 Å². The van der Waals surface area contributed by atoms with Crippen molar-refractivity contribution in [2.24, 2.45) is 23.7 Å². The zero-order chi connectivity index (χ0) is 37.6. The number of hydrogen-bond acceptors (Lipinski definition) is 1. The van der Waals surface area contributed by atoms with Crippen molar-refractivity contribution in [3.8, 4) is 0 Å². The Hall–Kier alpha value is -0.330. The van der Waals surface area contributed by atoms with Gasteiger partial charge >= 0.3 is 0 Å². The molecule has 1 aliphatic carbocycles. The fourth-order valence-electron chi connectivity index (χ4n) is 9.20. The van der Waals surface area contributed by atoms with Gasteiger partial charge in [0.1, 0.15) is 0 Å². The summed E-state index contributed by atoms with van der Waals surface area (Å²) >= 11 is 0. The van der Waals surface area contributed by atoms with Crippen LogP contribution in [0.5, 0.6) is 0 Å². The van der Waals surface area contributed by atoms with Gasteiger partial charge in [0.25, 0.3) is 0 Å². The summed E-state index contributed by atoms with van der Waals surface area (Å²) in [6.45, 7) is 9.37. The molecule has 1 fully saturated rings. The van der Waals surface area contributed by atoms with Crippen molar-refractivity contribution in [3.05, 3.63) is 0 Å². The lowest BCUT2D eigenvalue weighted by Gasteiger charge is -2.36. The molecule has 0 saturated heterocycles. The van der Waals surface area contributed by atoms with Gasteiger partial charge in [-0.3, -0.25) is 0 Å². The summed E-state index contributed by atoms with van der Waals surface area (Å²) in [5.74, 6) is 3.45. The summed E-state index contributed by atoms with van der Waals surface area (Å²) < 4.78 is 0. The van der Waals surface area contributed by atoms with E-state index in [1.165, 1.54) is 263 Å². The second kappa shape index (κ2) is 38.9. The molecule has 0 aromatic rings. The van der Waals surface area contributed by atoms with Crippen molar-refractivity contribution >= 4 is 5.71 Å². The first-order valence-electron chi connectivity index (χ1n) is 25.2. The molecule has 1 nitrogen and oxygen atoms in total. The van der Waals surface area contributed by atoms with Crippen LogP contribution in [0.15, 0.2) is 0 Å². The van der Waals surface area contributed by atoms with Crippen LogP contribution < -0.4 is 0 Å². The zero-order valence-electron chi connectivity index (χ0n) is 37.0. The third kappa shape index (κ3) is 32.0. The molecule has 1 atom stereocenters. The number of rotatable bonds is 43. The third-order valence-corrected chi connectivity index (χ3v) is 13.5. The van der Waals surface area contributed by atoms with Crippen LogP contribution in [-0.2, 0) is 0 Å². The van der Waals surface area contributed by atoms with E-state index in [-0.39, 0.29) is 0 Å². The fraction of sp³-hybridized carbons (Fsp3) is 0.980. The Morgan fingerprint density at radius 2 is 0.750 bits per heavy atom. The largest absolute Gasteiger partial charge is 0.309 e. The molecule has 0 radical (unpaired) electrons. The molecule has 52 heavy (non-hydrogen) atoms. The van der Waals surface area contributed by atoms with Gasteiger partial charge in [0.15, 0.2) is 0 Å². The molecule has 0 amide bonds. The Kier molecular flexibility index (Phi) is 37.2. The minimum absolute atomic E-state index is 0.645. The van der Waals surface area contributed by atoms with E-state index in [1.54, 1.807) is 0 Å². The molecule has 1 rings (SSSR count). The highest BCUT2D eigenvalue weighted by atomic mass is 14.5. The van der Waals surface area contributed by atoms with E-state index in [4.69, 9.17) is 5.41 Å². The van der Waals surface area contributed by atoms with E-state index < -0.39 is 0 Å². The quantitative estimate of drug-likeness (QED) is 0.0478. The maximum absolute atomic E-state index is 8.77. The van der Waals surface area contributed by atoms with Crippen molar-refractivity contribution < 1.29 is 0 Å². The van der Waals surface area contributed by atoms with Crippen LogP contribution in [0.25, 0.3) is 0 Å². The summed E-state index contributed by atoms with van der Waals surface area (Å²) in [6, 6.07) is 0. The predicted octanol–water partition coefficient (Wildman–Crippen LogP) is 18.9. The highest BCUT2D eigenvalue weighted by molar-refractivity contribution is 5.84. The van der Waals surface area contributed by atoms with Crippen LogP contribution in [0.3, 0.4) is 0 Å². The Labute approximate surface area is 331 Å². The highest BCUT2D eigenvalue weighted by Crippen LogP contribution is 2.39. The van der Waals surface area contributed by atoms with Gasteiger partial charge in [0.05, 0.1) is 0 Å². The summed E-state index contributed by atoms with van der Waals surface area (Å²) in [5.41, 5.74) is 1.11. The summed E-state index contributed by atoms with van der Waals surface area (Å²) in [7, 11) is 0. The van der Waals surface area contributed by atoms with Gasteiger partial charge in [-0.05, 0) is 49.4 Å². The van der Waals surface area contributed by atoms with Crippen molar-refractivity contribution in [1.29, 1.82) is 5.41 Å². The first kappa shape index (κ1) is 49.7.